The highest BCUT2D eigenvalue weighted by molar-refractivity contribution is 5.47. The molecule has 5 nitrogen and oxygen atoms in total. The van der Waals surface area contributed by atoms with Gasteiger partial charge in [-0.2, -0.15) is 0 Å². The lowest BCUT2D eigenvalue weighted by Crippen LogP contribution is -2.05. The summed E-state index contributed by atoms with van der Waals surface area (Å²) in [5.74, 6) is 2.03. The minimum Gasteiger partial charge on any atom is -0.497 e. The van der Waals surface area contributed by atoms with Crippen LogP contribution in [0.15, 0.2) is 60.9 Å². The number of ether oxygens (including phenoxy) is 1. The average Bonchev–Trinajstić information content (AvgIpc) is 2.67. The number of halogens is 1. The number of hydrogen-bond donors (Lipinski definition) is 2. The van der Waals surface area contributed by atoms with Gasteiger partial charge in [-0.15, -0.1) is 0 Å². The van der Waals surface area contributed by atoms with Crippen molar-refractivity contribution in [1.82, 2.24) is 9.97 Å². The van der Waals surface area contributed by atoms with Crippen molar-refractivity contribution >= 4 is 11.6 Å². The van der Waals surface area contributed by atoms with E-state index >= 15 is 0 Å². The van der Waals surface area contributed by atoms with Crippen molar-refractivity contribution in [3.8, 4) is 5.75 Å². The first kappa shape index (κ1) is 16.7. The van der Waals surface area contributed by atoms with Crippen LogP contribution in [0.5, 0.6) is 5.75 Å². The highest BCUT2D eigenvalue weighted by atomic mass is 19.1. The van der Waals surface area contributed by atoms with Gasteiger partial charge in [0.2, 0.25) is 0 Å². The molecule has 0 unspecified atom stereocenters. The Morgan fingerprint density at radius 3 is 1.88 bits per heavy atom. The lowest BCUT2D eigenvalue weighted by molar-refractivity contribution is 0.414. The Kier molecular flexibility index (Phi) is 5.41. The van der Waals surface area contributed by atoms with Crippen LogP contribution in [0.25, 0.3) is 0 Å². The van der Waals surface area contributed by atoms with Gasteiger partial charge in [-0.3, -0.25) is 0 Å². The number of nitrogens with one attached hydrogen (secondary N) is 2. The molecule has 1 aromatic heterocycles. The molecule has 0 saturated carbocycles. The van der Waals surface area contributed by atoms with Crippen LogP contribution in [0.1, 0.15) is 11.1 Å². The van der Waals surface area contributed by atoms with E-state index < -0.39 is 0 Å². The van der Waals surface area contributed by atoms with Crippen molar-refractivity contribution in [2.75, 3.05) is 17.7 Å². The standard InChI is InChI=1S/C19H19FN4O/c1-25-17-8-4-15(5-9-17)12-22-19-10-18(23-13-24-19)21-11-14-2-6-16(20)7-3-14/h2-10,13H,11-12H2,1H3,(H2,21,22,23,24). The van der Waals surface area contributed by atoms with Gasteiger partial charge >= 0.3 is 0 Å². The molecule has 3 rings (SSSR count). The van der Waals surface area contributed by atoms with Crippen LogP contribution in [0.2, 0.25) is 0 Å². The SMILES string of the molecule is COc1ccc(CNc2cc(NCc3ccc(F)cc3)ncn2)cc1. The highest BCUT2D eigenvalue weighted by Crippen LogP contribution is 2.14. The fourth-order valence-electron chi connectivity index (χ4n) is 2.28. The van der Waals surface area contributed by atoms with E-state index in [0.717, 1.165) is 22.7 Å². The molecule has 0 spiro atoms. The molecule has 3 aromatic rings. The average molecular weight is 338 g/mol. The molecule has 2 aromatic carbocycles. The zero-order valence-corrected chi connectivity index (χ0v) is 13.9. The molecule has 0 atom stereocenters. The lowest BCUT2D eigenvalue weighted by atomic mass is 10.2. The number of methoxy groups -OCH3 is 1. The molecular formula is C19H19FN4O. The summed E-state index contributed by atoms with van der Waals surface area (Å²) in [5, 5.41) is 6.47. The molecule has 0 amide bonds. The number of rotatable bonds is 7. The van der Waals surface area contributed by atoms with Crippen LogP contribution in [0, 0.1) is 5.82 Å². The van der Waals surface area contributed by atoms with Crippen molar-refractivity contribution in [2.24, 2.45) is 0 Å². The van der Waals surface area contributed by atoms with Crippen LogP contribution in [0.4, 0.5) is 16.0 Å². The van der Waals surface area contributed by atoms with Gasteiger partial charge < -0.3 is 15.4 Å². The molecule has 0 bridgehead atoms. The fourth-order valence-corrected chi connectivity index (χ4v) is 2.28. The van der Waals surface area contributed by atoms with Gasteiger partial charge in [0.05, 0.1) is 7.11 Å². The molecule has 0 saturated heterocycles. The summed E-state index contributed by atoms with van der Waals surface area (Å²) in [6.07, 6.45) is 1.50. The Balaban J connectivity index is 1.56. The highest BCUT2D eigenvalue weighted by Gasteiger charge is 2.01. The zero-order valence-electron chi connectivity index (χ0n) is 13.9. The van der Waals surface area contributed by atoms with Crippen molar-refractivity contribution in [1.29, 1.82) is 0 Å². The number of anilines is 2. The van der Waals surface area contributed by atoms with Crippen LogP contribution < -0.4 is 15.4 Å². The molecule has 2 N–H and O–H groups in total. The smallest absolute Gasteiger partial charge is 0.131 e. The van der Waals surface area contributed by atoms with Gasteiger partial charge in [0.25, 0.3) is 0 Å². The molecule has 6 heteroatoms. The van der Waals surface area contributed by atoms with E-state index in [1.165, 1.54) is 18.5 Å². The van der Waals surface area contributed by atoms with Crippen molar-refractivity contribution in [2.45, 2.75) is 13.1 Å². The van der Waals surface area contributed by atoms with Gasteiger partial charge in [0, 0.05) is 19.2 Å². The van der Waals surface area contributed by atoms with Crippen LogP contribution in [-0.4, -0.2) is 17.1 Å². The molecule has 128 valence electrons. The van der Waals surface area contributed by atoms with Crippen LogP contribution in [-0.2, 0) is 13.1 Å². The molecule has 0 radical (unpaired) electrons. The largest absolute Gasteiger partial charge is 0.497 e. The first-order valence-corrected chi connectivity index (χ1v) is 7.90. The molecule has 0 aliphatic carbocycles. The van der Waals surface area contributed by atoms with Crippen LogP contribution >= 0.6 is 0 Å². The Labute approximate surface area is 145 Å². The van der Waals surface area contributed by atoms with Crippen molar-refractivity contribution < 1.29 is 9.13 Å². The number of aromatic nitrogens is 2. The first-order valence-electron chi connectivity index (χ1n) is 7.90. The Hall–Kier alpha value is -3.15. The van der Waals surface area contributed by atoms with Gasteiger partial charge in [0.15, 0.2) is 0 Å². The number of nitrogens with zero attached hydrogens (tertiary/aromatic N) is 2. The second-order valence-electron chi connectivity index (χ2n) is 5.47. The topological polar surface area (TPSA) is 59.1 Å². The predicted octanol–water partition coefficient (Wildman–Crippen LogP) is 3.85. The quantitative estimate of drug-likeness (QED) is 0.685. The van der Waals surface area contributed by atoms with Gasteiger partial charge in [-0.05, 0) is 35.4 Å². The van der Waals surface area contributed by atoms with Gasteiger partial charge in [-0.1, -0.05) is 24.3 Å². The Morgan fingerprint density at radius 2 is 1.36 bits per heavy atom. The number of hydrogen-bond acceptors (Lipinski definition) is 5. The van der Waals surface area contributed by atoms with E-state index in [0.29, 0.717) is 18.9 Å². The van der Waals surface area contributed by atoms with Gasteiger partial charge in [-0.25, -0.2) is 14.4 Å². The maximum atomic E-state index is 12.9. The molecule has 0 aliphatic heterocycles. The lowest BCUT2D eigenvalue weighted by Gasteiger charge is -2.09. The van der Waals surface area contributed by atoms with E-state index in [9.17, 15) is 4.39 Å². The third-order valence-electron chi connectivity index (χ3n) is 3.69. The second kappa shape index (κ2) is 8.10. The summed E-state index contributed by atoms with van der Waals surface area (Å²) < 4.78 is 18.1. The van der Waals surface area contributed by atoms with Crippen molar-refractivity contribution in [3.05, 3.63) is 77.9 Å². The summed E-state index contributed by atoms with van der Waals surface area (Å²) in [4.78, 5) is 8.42. The minimum atomic E-state index is -0.240. The van der Waals surface area contributed by atoms with Crippen molar-refractivity contribution in [3.63, 3.8) is 0 Å². The summed E-state index contributed by atoms with van der Waals surface area (Å²) in [7, 11) is 1.65. The Morgan fingerprint density at radius 1 is 0.840 bits per heavy atom. The molecule has 0 aliphatic rings. The first-order chi connectivity index (χ1) is 12.2. The summed E-state index contributed by atoms with van der Waals surface area (Å²) in [6.45, 7) is 1.22. The fraction of sp³-hybridized carbons (Fsp3) is 0.158. The van der Waals surface area contributed by atoms with E-state index in [4.69, 9.17) is 4.74 Å². The Bertz CT molecular complexity index is 806. The molecule has 0 fully saturated rings. The summed E-state index contributed by atoms with van der Waals surface area (Å²) >= 11 is 0. The van der Waals surface area contributed by atoms with E-state index in [-0.39, 0.29) is 5.82 Å². The third kappa shape index (κ3) is 4.91. The van der Waals surface area contributed by atoms with E-state index in [2.05, 4.69) is 20.6 Å². The van der Waals surface area contributed by atoms with Gasteiger partial charge in [0.1, 0.15) is 29.5 Å². The van der Waals surface area contributed by atoms with Crippen LogP contribution in [0.3, 0.4) is 0 Å². The summed E-state index contributed by atoms with van der Waals surface area (Å²) in [5.41, 5.74) is 2.10. The molecule has 1 heterocycles. The minimum absolute atomic E-state index is 0.240. The predicted molar refractivity (Wildman–Crippen MR) is 96.1 cm³/mol. The number of benzene rings is 2. The monoisotopic (exact) mass is 338 g/mol. The zero-order chi connectivity index (χ0) is 17.5. The van der Waals surface area contributed by atoms with E-state index in [1.54, 1.807) is 19.2 Å². The third-order valence-corrected chi connectivity index (χ3v) is 3.69. The maximum absolute atomic E-state index is 12.9. The molecular weight excluding hydrogens is 319 g/mol. The maximum Gasteiger partial charge on any atom is 0.131 e. The molecule has 25 heavy (non-hydrogen) atoms. The summed E-state index contributed by atoms with van der Waals surface area (Å²) in [6, 6.07) is 16.1. The second-order valence-corrected chi connectivity index (χ2v) is 5.47. The van der Waals surface area contributed by atoms with E-state index in [1.807, 2.05) is 30.3 Å². The normalized spacial score (nSPS) is 10.3.